The number of benzene rings is 1. The predicted octanol–water partition coefficient (Wildman–Crippen LogP) is 3.78. The second kappa shape index (κ2) is 3.85. The summed E-state index contributed by atoms with van der Waals surface area (Å²) in [6.45, 7) is 0. The molecule has 0 aliphatic heterocycles. The van der Waals surface area contributed by atoms with Gasteiger partial charge in [0.05, 0.1) is 9.77 Å². The Morgan fingerprint density at radius 3 is 2.93 bits per heavy atom. The number of thiol groups is 1. The third-order valence-corrected chi connectivity index (χ3v) is 4.12. The van der Waals surface area contributed by atoms with Gasteiger partial charge < -0.3 is 0 Å². The average Bonchev–Trinajstić information content (AvgIpc) is 2.56. The van der Waals surface area contributed by atoms with Gasteiger partial charge in [-0.2, -0.15) is 5.26 Å². The van der Waals surface area contributed by atoms with Crippen molar-refractivity contribution in [3.05, 3.63) is 23.8 Å². The number of hydrogen-bond donors (Lipinski definition) is 1. The van der Waals surface area contributed by atoms with Crippen LogP contribution in [0.4, 0.5) is 0 Å². The van der Waals surface area contributed by atoms with Crippen molar-refractivity contribution in [2.24, 2.45) is 0 Å². The fraction of sp³-hybridized carbons (Fsp3) is 0.100. The fourth-order valence-corrected chi connectivity index (χ4v) is 3.40. The summed E-state index contributed by atoms with van der Waals surface area (Å²) in [4.78, 5) is 1.06. The molecule has 1 aromatic carbocycles. The van der Waals surface area contributed by atoms with Crippen LogP contribution in [0.15, 0.2) is 27.3 Å². The zero-order valence-electron chi connectivity index (χ0n) is 7.44. The highest BCUT2D eigenvalue weighted by atomic mass is 32.2. The molecule has 2 aromatic rings. The molecule has 0 atom stereocenters. The Labute approximate surface area is 96.2 Å². The number of rotatable bonds is 1. The van der Waals surface area contributed by atoms with Crippen LogP contribution in [-0.4, -0.2) is 6.26 Å². The number of nitriles is 1. The summed E-state index contributed by atoms with van der Waals surface area (Å²) < 4.78 is 2.18. The monoisotopic (exact) mass is 237 g/mol. The molecule has 0 amide bonds. The zero-order chi connectivity index (χ0) is 10.1. The normalized spacial score (nSPS) is 10.4. The Hall–Kier alpha value is -0.630. The second-order valence-electron chi connectivity index (χ2n) is 2.75. The summed E-state index contributed by atoms with van der Waals surface area (Å²) in [5.74, 6) is 0. The molecule has 0 saturated carbocycles. The van der Waals surface area contributed by atoms with Gasteiger partial charge in [0.25, 0.3) is 0 Å². The molecule has 14 heavy (non-hydrogen) atoms. The Morgan fingerprint density at radius 1 is 1.50 bits per heavy atom. The lowest BCUT2D eigenvalue weighted by molar-refractivity contribution is 1.42. The van der Waals surface area contributed by atoms with E-state index in [1.54, 1.807) is 23.1 Å². The van der Waals surface area contributed by atoms with E-state index in [9.17, 15) is 0 Å². The number of nitrogens with zero attached hydrogens (tertiary/aromatic N) is 1. The maximum atomic E-state index is 8.94. The molecule has 4 heteroatoms. The standard InChI is InChI=1S/C10H7NS3/c1-13-10-6(5-11)2-3-8-7(10)4-9(12)14-8/h2-4,12H,1H3. The van der Waals surface area contributed by atoms with E-state index in [4.69, 9.17) is 5.26 Å². The maximum Gasteiger partial charge on any atom is 0.100 e. The van der Waals surface area contributed by atoms with E-state index < -0.39 is 0 Å². The minimum absolute atomic E-state index is 0.746. The van der Waals surface area contributed by atoms with Gasteiger partial charge in [0.1, 0.15) is 6.07 Å². The van der Waals surface area contributed by atoms with Crippen molar-refractivity contribution in [2.75, 3.05) is 6.26 Å². The van der Waals surface area contributed by atoms with Crippen LogP contribution in [0.25, 0.3) is 10.1 Å². The minimum Gasteiger partial charge on any atom is -0.192 e. The summed E-state index contributed by atoms with van der Waals surface area (Å²) in [6, 6.07) is 8.09. The highest BCUT2D eigenvalue weighted by Crippen LogP contribution is 2.36. The van der Waals surface area contributed by atoms with Crippen LogP contribution in [0.1, 0.15) is 5.56 Å². The Balaban J connectivity index is 2.84. The van der Waals surface area contributed by atoms with Crippen molar-refractivity contribution in [3.8, 4) is 6.07 Å². The van der Waals surface area contributed by atoms with Crippen LogP contribution in [-0.2, 0) is 0 Å². The fourth-order valence-electron chi connectivity index (χ4n) is 1.38. The third-order valence-electron chi connectivity index (χ3n) is 1.96. The van der Waals surface area contributed by atoms with Gasteiger partial charge in [0.2, 0.25) is 0 Å². The lowest BCUT2D eigenvalue weighted by atomic mass is 10.2. The molecule has 1 nitrogen and oxygen atoms in total. The van der Waals surface area contributed by atoms with Crippen LogP contribution in [0.2, 0.25) is 0 Å². The molecule has 70 valence electrons. The van der Waals surface area contributed by atoms with Crippen molar-refractivity contribution in [1.29, 1.82) is 5.26 Å². The summed E-state index contributed by atoms with van der Waals surface area (Å²) in [5, 5.41) is 10.1. The molecule has 1 aromatic heterocycles. The SMILES string of the molecule is CSc1c(C#N)ccc2sc(S)cc12. The quantitative estimate of drug-likeness (QED) is 0.602. The summed E-state index contributed by atoms with van der Waals surface area (Å²) in [5.41, 5.74) is 0.746. The van der Waals surface area contributed by atoms with E-state index in [1.165, 1.54) is 4.70 Å². The summed E-state index contributed by atoms with van der Waals surface area (Å²) in [7, 11) is 0. The molecule has 0 aliphatic carbocycles. The lowest BCUT2D eigenvalue weighted by Gasteiger charge is -2.00. The molecule has 0 fully saturated rings. The van der Waals surface area contributed by atoms with Gasteiger partial charge in [-0.3, -0.25) is 0 Å². The molecule has 0 N–H and O–H groups in total. The van der Waals surface area contributed by atoms with E-state index in [2.05, 4.69) is 18.7 Å². The van der Waals surface area contributed by atoms with Crippen LogP contribution >= 0.6 is 35.7 Å². The first kappa shape index (κ1) is 9.91. The van der Waals surface area contributed by atoms with E-state index in [0.717, 1.165) is 20.1 Å². The molecule has 0 bridgehead atoms. The largest absolute Gasteiger partial charge is 0.192 e. The Morgan fingerprint density at radius 2 is 2.29 bits per heavy atom. The highest BCUT2D eigenvalue weighted by molar-refractivity contribution is 7.99. The number of hydrogen-bond acceptors (Lipinski definition) is 4. The van der Waals surface area contributed by atoms with Gasteiger partial charge in [-0.15, -0.1) is 35.7 Å². The third kappa shape index (κ3) is 1.52. The van der Waals surface area contributed by atoms with Gasteiger partial charge in [-0.1, -0.05) is 0 Å². The van der Waals surface area contributed by atoms with Crippen LogP contribution in [0.5, 0.6) is 0 Å². The molecule has 0 aliphatic rings. The van der Waals surface area contributed by atoms with E-state index in [-0.39, 0.29) is 0 Å². The molecule has 0 spiro atoms. The van der Waals surface area contributed by atoms with Crippen molar-refractivity contribution in [3.63, 3.8) is 0 Å². The van der Waals surface area contributed by atoms with Crippen molar-refractivity contribution >= 4 is 45.8 Å². The van der Waals surface area contributed by atoms with Crippen molar-refractivity contribution < 1.29 is 0 Å². The second-order valence-corrected chi connectivity index (χ2v) is 5.44. The lowest BCUT2D eigenvalue weighted by Crippen LogP contribution is -1.79. The van der Waals surface area contributed by atoms with Crippen LogP contribution in [0, 0.1) is 11.3 Å². The van der Waals surface area contributed by atoms with E-state index >= 15 is 0 Å². The molecule has 1 heterocycles. The minimum atomic E-state index is 0.746. The molecule has 2 rings (SSSR count). The number of fused-ring (bicyclic) bond motifs is 1. The van der Waals surface area contributed by atoms with Crippen molar-refractivity contribution in [1.82, 2.24) is 0 Å². The molecule has 0 saturated heterocycles. The first-order valence-corrected chi connectivity index (χ1v) is 6.44. The van der Waals surface area contributed by atoms with Gasteiger partial charge >= 0.3 is 0 Å². The van der Waals surface area contributed by atoms with E-state index in [0.29, 0.717) is 0 Å². The first-order valence-electron chi connectivity index (χ1n) is 3.96. The molecule has 0 radical (unpaired) electrons. The van der Waals surface area contributed by atoms with Gasteiger partial charge in [-0.25, -0.2) is 0 Å². The highest BCUT2D eigenvalue weighted by Gasteiger charge is 2.08. The smallest absolute Gasteiger partial charge is 0.100 e. The molecular formula is C10H7NS3. The molecule has 0 unspecified atom stereocenters. The topological polar surface area (TPSA) is 23.8 Å². The average molecular weight is 237 g/mol. The van der Waals surface area contributed by atoms with E-state index in [1.807, 2.05) is 24.5 Å². The Kier molecular flexibility index (Phi) is 2.73. The maximum absolute atomic E-state index is 8.94. The van der Waals surface area contributed by atoms with Gasteiger partial charge in [0.15, 0.2) is 0 Å². The summed E-state index contributed by atoms with van der Waals surface area (Å²) in [6.07, 6.45) is 1.99. The number of thioether (sulfide) groups is 1. The Bertz CT molecular complexity index is 522. The van der Waals surface area contributed by atoms with Crippen molar-refractivity contribution in [2.45, 2.75) is 9.10 Å². The van der Waals surface area contributed by atoms with Gasteiger partial charge in [0, 0.05) is 15.0 Å². The zero-order valence-corrected chi connectivity index (χ0v) is 9.97. The predicted molar refractivity (Wildman–Crippen MR) is 65.6 cm³/mol. The van der Waals surface area contributed by atoms with Crippen LogP contribution in [0.3, 0.4) is 0 Å². The number of thiophene rings is 1. The molecular weight excluding hydrogens is 230 g/mol. The van der Waals surface area contributed by atoms with Crippen LogP contribution < -0.4 is 0 Å². The first-order chi connectivity index (χ1) is 6.76. The summed E-state index contributed by atoms with van der Waals surface area (Å²) >= 11 is 7.57. The van der Waals surface area contributed by atoms with Gasteiger partial charge in [-0.05, 0) is 24.5 Å².